The number of nitrogens with two attached hydrogens (primary N) is 1. The van der Waals surface area contributed by atoms with Crippen molar-refractivity contribution in [3.05, 3.63) is 22.2 Å². The molecule has 0 bridgehead atoms. The van der Waals surface area contributed by atoms with Crippen molar-refractivity contribution in [3.8, 4) is 5.75 Å². The van der Waals surface area contributed by atoms with Crippen LogP contribution in [0.4, 0.5) is 5.69 Å². The van der Waals surface area contributed by atoms with Gasteiger partial charge in [0.05, 0.1) is 22.9 Å². The lowest BCUT2D eigenvalue weighted by molar-refractivity contribution is 0.0943. The van der Waals surface area contributed by atoms with Crippen molar-refractivity contribution in [2.75, 3.05) is 38.5 Å². The Labute approximate surface area is 153 Å². The van der Waals surface area contributed by atoms with Crippen LogP contribution < -0.4 is 15.8 Å². The molecule has 1 amide bonds. The molecule has 0 atom stereocenters. The molecule has 1 aromatic rings. The maximum absolute atomic E-state index is 12.4. The minimum Gasteiger partial charge on any atom is -0.492 e. The SMILES string of the molecule is Cl.Nc1c(Cl)cc(C(=O)NCCN2CCCCC2)c2c1CCO2.O. The lowest BCUT2D eigenvalue weighted by Crippen LogP contribution is -2.37. The van der Waals surface area contributed by atoms with Crippen molar-refractivity contribution < 1.29 is 15.0 Å². The molecule has 5 N–H and O–H groups in total. The van der Waals surface area contributed by atoms with Gasteiger partial charge in [-0.15, -0.1) is 12.4 Å². The second kappa shape index (κ2) is 9.32. The van der Waals surface area contributed by atoms with E-state index in [1.807, 2.05) is 0 Å². The number of hydrogen-bond acceptors (Lipinski definition) is 4. The molecule has 0 radical (unpaired) electrons. The number of benzene rings is 1. The Balaban J connectivity index is 0.00000144. The molecule has 1 aromatic carbocycles. The minimum atomic E-state index is -0.142. The summed E-state index contributed by atoms with van der Waals surface area (Å²) in [5, 5.41) is 3.38. The normalized spacial score (nSPS) is 16.4. The fourth-order valence-corrected chi connectivity index (χ4v) is 3.36. The number of carbonyl (C=O) groups excluding carboxylic acids is 1. The first-order valence-corrected chi connectivity index (χ1v) is 8.29. The zero-order valence-electron chi connectivity index (χ0n) is 13.6. The molecule has 2 heterocycles. The fraction of sp³-hybridized carbons (Fsp3) is 0.562. The highest BCUT2D eigenvalue weighted by Crippen LogP contribution is 2.38. The second-order valence-corrected chi connectivity index (χ2v) is 6.29. The van der Waals surface area contributed by atoms with Crippen LogP contribution in [0.1, 0.15) is 35.2 Å². The van der Waals surface area contributed by atoms with Crippen LogP contribution in [-0.4, -0.2) is 49.1 Å². The molecule has 3 rings (SSSR count). The van der Waals surface area contributed by atoms with Gasteiger partial charge in [0.15, 0.2) is 0 Å². The number of anilines is 1. The van der Waals surface area contributed by atoms with Gasteiger partial charge < -0.3 is 26.2 Å². The Kier molecular flexibility index (Phi) is 8.09. The summed E-state index contributed by atoms with van der Waals surface area (Å²) in [4.78, 5) is 14.8. The molecule has 0 aromatic heterocycles. The second-order valence-electron chi connectivity index (χ2n) is 5.88. The minimum absolute atomic E-state index is 0. The van der Waals surface area contributed by atoms with Crippen molar-refractivity contribution in [1.82, 2.24) is 10.2 Å². The Morgan fingerprint density at radius 2 is 2.04 bits per heavy atom. The van der Waals surface area contributed by atoms with E-state index in [-0.39, 0.29) is 23.8 Å². The number of nitrogens with one attached hydrogen (secondary N) is 1. The van der Waals surface area contributed by atoms with Crippen molar-refractivity contribution in [2.45, 2.75) is 25.7 Å². The Hall–Kier alpha value is -1.21. The average molecular weight is 378 g/mol. The number of hydrogen-bond donors (Lipinski definition) is 2. The fourth-order valence-electron chi connectivity index (χ4n) is 3.14. The number of nitrogen functional groups attached to an aromatic ring is 1. The number of nitrogens with zero attached hydrogens (tertiary/aromatic N) is 1. The van der Waals surface area contributed by atoms with Gasteiger partial charge in [-0.3, -0.25) is 4.79 Å². The van der Waals surface area contributed by atoms with Crippen LogP contribution >= 0.6 is 24.0 Å². The van der Waals surface area contributed by atoms with Crippen LogP contribution in [0.15, 0.2) is 6.07 Å². The van der Waals surface area contributed by atoms with Crippen molar-refractivity contribution in [3.63, 3.8) is 0 Å². The van der Waals surface area contributed by atoms with Crippen LogP contribution in [0.3, 0.4) is 0 Å². The van der Waals surface area contributed by atoms with Crippen LogP contribution in [0.2, 0.25) is 5.02 Å². The van der Waals surface area contributed by atoms with Gasteiger partial charge in [0.1, 0.15) is 5.75 Å². The third-order valence-corrected chi connectivity index (χ3v) is 4.69. The Morgan fingerprint density at radius 1 is 1.33 bits per heavy atom. The summed E-state index contributed by atoms with van der Waals surface area (Å²) >= 11 is 6.13. The molecule has 0 saturated carbocycles. The summed E-state index contributed by atoms with van der Waals surface area (Å²) in [6.07, 6.45) is 4.53. The molecule has 0 aliphatic carbocycles. The van der Waals surface area contributed by atoms with Gasteiger partial charge in [-0.1, -0.05) is 18.0 Å². The van der Waals surface area contributed by atoms with Crippen LogP contribution in [0, 0.1) is 0 Å². The number of amides is 1. The van der Waals surface area contributed by atoms with Crippen molar-refractivity contribution in [2.24, 2.45) is 0 Å². The van der Waals surface area contributed by atoms with Gasteiger partial charge >= 0.3 is 0 Å². The highest BCUT2D eigenvalue weighted by Gasteiger charge is 2.25. The van der Waals surface area contributed by atoms with Gasteiger partial charge in [0.25, 0.3) is 5.91 Å². The smallest absolute Gasteiger partial charge is 0.255 e. The van der Waals surface area contributed by atoms with Gasteiger partial charge in [0.2, 0.25) is 0 Å². The number of ether oxygens (including phenoxy) is 1. The number of piperidine rings is 1. The third-order valence-electron chi connectivity index (χ3n) is 4.38. The van der Waals surface area contributed by atoms with E-state index in [0.717, 1.165) is 25.2 Å². The van der Waals surface area contributed by atoms with Crippen molar-refractivity contribution >= 4 is 35.6 Å². The van der Waals surface area contributed by atoms with Gasteiger partial charge in [-0.2, -0.15) is 0 Å². The Morgan fingerprint density at radius 3 is 2.75 bits per heavy atom. The number of carbonyl (C=O) groups is 1. The molecule has 1 saturated heterocycles. The molecule has 6 nitrogen and oxygen atoms in total. The molecule has 136 valence electrons. The molecular formula is C16H25Cl2N3O3. The van der Waals surface area contributed by atoms with E-state index < -0.39 is 0 Å². The quantitative estimate of drug-likeness (QED) is 0.779. The highest BCUT2D eigenvalue weighted by molar-refractivity contribution is 6.33. The van der Waals surface area contributed by atoms with Crippen LogP contribution in [-0.2, 0) is 6.42 Å². The molecular weight excluding hydrogens is 353 g/mol. The van der Waals surface area contributed by atoms with Crippen LogP contribution in [0.25, 0.3) is 0 Å². The summed E-state index contributed by atoms with van der Waals surface area (Å²) in [5.74, 6) is 0.453. The average Bonchev–Trinajstić information content (AvgIpc) is 3.01. The molecule has 0 spiro atoms. The van der Waals surface area contributed by atoms with E-state index in [1.54, 1.807) is 6.07 Å². The number of rotatable bonds is 4. The van der Waals surface area contributed by atoms with E-state index >= 15 is 0 Å². The van der Waals surface area contributed by atoms with Crippen molar-refractivity contribution in [1.29, 1.82) is 0 Å². The summed E-state index contributed by atoms with van der Waals surface area (Å²) in [6, 6.07) is 1.61. The monoisotopic (exact) mass is 377 g/mol. The number of fused-ring (bicyclic) bond motifs is 1. The topological polar surface area (TPSA) is 99.1 Å². The molecule has 24 heavy (non-hydrogen) atoms. The zero-order chi connectivity index (χ0) is 15.5. The first-order valence-electron chi connectivity index (χ1n) is 7.91. The lowest BCUT2D eigenvalue weighted by atomic mass is 10.1. The third kappa shape index (κ3) is 4.45. The van der Waals surface area contributed by atoms with E-state index in [0.29, 0.717) is 41.6 Å². The largest absolute Gasteiger partial charge is 0.492 e. The van der Waals surface area contributed by atoms with E-state index in [4.69, 9.17) is 22.1 Å². The maximum atomic E-state index is 12.4. The maximum Gasteiger partial charge on any atom is 0.255 e. The Bertz CT molecular complexity index is 578. The van der Waals surface area contributed by atoms with E-state index in [9.17, 15) is 4.79 Å². The molecule has 2 aliphatic rings. The number of halogens is 2. The highest BCUT2D eigenvalue weighted by atomic mass is 35.5. The number of likely N-dealkylation sites (tertiary alicyclic amines) is 1. The van der Waals surface area contributed by atoms with Gasteiger partial charge in [-0.05, 0) is 32.0 Å². The molecule has 1 fully saturated rings. The molecule has 2 aliphatic heterocycles. The first-order chi connectivity index (χ1) is 10.7. The lowest BCUT2D eigenvalue weighted by Gasteiger charge is -2.26. The molecule has 0 unspecified atom stereocenters. The summed E-state index contributed by atoms with van der Waals surface area (Å²) in [6.45, 7) is 4.32. The van der Waals surface area contributed by atoms with E-state index in [1.165, 1.54) is 19.3 Å². The first kappa shape index (κ1) is 20.8. The molecule has 8 heteroatoms. The van der Waals surface area contributed by atoms with E-state index in [2.05, 4.69) is 10.2 Å². The summed E-state index contributed by atoms with van der Waals surface area (Å²) in [5.41, 5.74) is 7.82. The standard InChI is InChI=1S/C16H22ClN3O2.ClH.H2O/c17-13-10-12(15-11(14(13)18)4-9-22-15)16(21)19-5-8-20-6-2-1-3-7-20;;/h10H,1-9,18H2,(H,19,21);1H;1H2. The zero-order valence-corrected chi connectivity index (χ0v) is 15.1. The summed E-state index contributed by atoms with van der Waals surface area (Å²) < 4.78 is 5.57. The predicted octanol–water partition coefficient (Wildman–Crippen LogP) is 1.67. The summed E-state index contributed by atoms with van der Waals surface area (Å²) in [7, 11) is 0. The van der Waals surface area contributed by atoms with Crippen LogP contribution in [0.5, 0.6) is 5.75 Å². The van der Waals surface area contributed by atoms with Gasteiger partial charge in [0, 0.05) is 25.1 Å². The van der Waals surface area contributed by atoms with Gasteiger partial charge in [-0.25, -0.2) is 0 Å². The predicted molar refractivity (Wildman–Crippen MR) is 98.5 cm³/mol.